The number of nitrogens with two attached hydrogens (primary N) is 1. The third-order valence-electron chi connectivity index (χ3n) is 8.08. The minimum absolute atomic E-state index is 0.0592. The molecule has 2 aliphatic rings. The summed E-state index contributed by atoms with van der Waals surface area (Å²) in [7, 11) is -2.10. The van der Waals surface area contributed by atoms with Crippen LogP contribution < -0.4 is 11.1 Å². The number of rotatable bonds is 11. The van der Waals surface area contributed by atoms with Gasteiger partial charge in [0.2, 0.25) is 0 Å². The van der Waals surface area contributed by atoms with Crippen molar-refractivity contribution < 1.29 is 22.8 Å². The molecule has 1 aliphatic heterocycles. The van der Waals surface area contributed by atoms with E-state index in [-0.39, 0.29) is 55.6 Å². The second-order valence-corrected chi connectivity index (χ2v) is 14.4. The third-order valence-corrected chi connectivity index (χ3v) is 11.4. The summed E-state index contributed by atoms with van der Waals surface area (Å²) in [5, 5.41) is 16.1. The number of benzene rings is 1. The quantitative estimate of drug-likeness (QED) is 0.412. The van der Waals surface area contributed by atoms with Crippen molar-refractivity contribution in [3.63, 3.8) is 0 Å². The molecule has 1 aromatic heterocycles. The Kier molecular flexibility index (Phi) is 7.93. The van der Waals surface area contributed by atoms with Crippen molar-refractivity contribution in [2.24, 2.45) is 12.8 Å². The number of hydrogen-bond donors (Lipinski definition) is 2. The first kappa shape index (κ1) is 29.4. The number of carbonyl (C=O) groups excluding carboxylic acids is 3. The zero-order chi connectivity index (χ0) is 29.5. The molecule has 0 radical (unpaired) electrons. The maximum Gasteiger partial charge on any atom is 0.272 e. The van der Waals surface area contributed by atoms with Crippen molar-refractivity contribution >= 4 is 27.4 Å². The number of hydrogen-bond acceptors (Lipinski definition) is 8. The smallest absolute Gasteiger partial charge is 0.272 e. The fourth-order valence-electron chi connectivity index (χ4n) is 5.24. The Balaban J connectivity index is 1.46. The van der Waals surface area contributed by atoms with E-state index in [1.54, 1.807) is 57.0 Å². The first-order valence-electron chi connectivity index (χ1n) is 13.4. The van der Waals surface area contributed by atoms with E-state index in [1.165, 1.54) is 4.68 Å². The Morgan fingerprint density at radius 1 is 1.25 bits per heavy atom. The van der Waals surface area contributed by atoms with Gasteiger partial charge in [0.05, 0.1) is 27.2 Å². The highest BCUT2D eigenvalue weighted by molar-refractivity contribution is 7.94. The van der Waals surface area contributed by atoms with Crippen molar-refractivity contribution in [1.29, 1.82) is 5.26 Å². The summed E-state index contributed by atoms with van der Waals surface area (Å²) in [6, 6.07) is 8.27. The lowest BCUT2D eigenvalue weighted by molar-refractivity contribution is -0.120. The highest BCUT2D eigenvalue weighted by atomic mass is 32.2. The Bertz CT molecular complexity index is 1480. The number of nitriles is 1. The number of amides is 2. The summed E-state index contributed by atoms with van der Waals surface area (Å²) in [5.41, 5.74) is 8.00. The van der Waals surface area contributed by atoms with E-state index in [9.17, 15) is 22.8 Å². The first-order valence-corrected chi connectivity index (χ1v) is 14.9. The van der Waals surface area contributed by atoms with Gasteiger partial charge in [0.25, 0.3) is 11.8 Å². The van der Waals surface area contributed by atoms with Crippen LogP contribution in [0.5, 0.6) is 0 Å². The molecule has 12 heteroatoms. The number of nitrogens with zero attached hydrogens (tertiary/aromatic N) is 4. The molecule has 2 amide bonds. The second-order valence-electron chi connectivity index (χ2n) is 11.5. The van der Waals surface area contributed by atoms with Gasteiger partial charge in [0.15, 0.2) is 15.5 Å². The number of Topliss-reactive ketones (excluding diaryl/α,β-unsaturated/α-hetero) is 1. The number of sulfone groups is 1. The zero-order valence-corrected chi connectivity index (χ0v) is 24.2. The van der Waals surface area contributed by atoms with Gasteiger partial charge in [-0.1, -0.05) is 12.1 Å². The monoisotopic (exact) mass is 568 g/mol. The summed E-state index contributed by atoms with van der Waals surface area (Å²) in [6.45, 7) is 5.43. The summed E-state index contributed by atoms with van der Waals surface area (Å²) in [5.74, 6) is -0.944. The Morgan fingerprint density at radius 3 is 2.48 bits per heavy atom. The number of nitrogens with one attached hydrogen (secondary N) is 1. The maximum absolute atomic E-state index is 13.8. The molecule has 11 nitrogen and oxygen atoms in total. The van der Waals surface area contributed by atoms with Crippen LogP contribution in [-0.2, 0) is 34.6 Å². The molecule has 3 N–H and O–H groups in total. The van der Waals surface area contributed by atoms with Crippen LogP contribution in [0.25, 0.3) is 0 Å². The van der Waals surface area contributed by atoms with E-state index >= 15 is 0 Å². The molecule has 0 saturated heterocycles. The van der Waals surface area contributed by atoms with Crippen LogP contribution >= 0.6 is 0 Å². The third kappa shape index (κ3) is 5.40. The largest absolute Gasteiger partial charge is 0.347 e. The minimum atomic E-state index is -3.70. The summed E-state index contributed by atoms with van der Waals surface area (Å²) in [4.78, 5) is 40.1. The normalized spacial score (nSPS) is 17.1. The van der Waals surface area contributed by atoms with Crippen molar-refractivity contribution in [2.75, 3.05) is 13.1 Å². The van der Waals surface area contributed by atoms with E-state index in [0.29, 0.717) is 30.4 Å². The van der Waals surface area contributed by atoms with Gasteiger partial charge in [-0.2, -0.15) is 10.4 Å². The Labute approximate surface area is 234 Å². The average Bonchev–Trinajstić information content (AvgIpc) is 3.63. The first-order chi connectivity index (χ1) is 18.7. The molecule has 1 atom stereocenters. The van der Waals surface area contributed by atoms with Gasteiger partial charge in [-0.25, -0.2) is 8.42 Å². The summed E-state index contributed by atoms with van der Waals surface area (Å²) in [6.07, 6.45) is 1.52. The Hall–Kier alpha value is -3.56. The average molecular weight is 569 g/mol. The molecule has 1 aromatic carbocycles. The summed E-state index contributed by atoms with van der Waals surface area (Å²) < 4.78 is 26.7. The molecule has 2 heterocycles. The van der Waals surface area contributed by atoms with E-state index in [1.807, 2.05) is 0 Å². The number of aromatic nitrogens is 2. The van der Waals surface area contributed by atoms with Crippen LogP contribution in [0.3, 0.4) is 0 Å². The highest BCUT2D eigenvalue weighted by Crippen LogP contribution is 2.50. The topological polar surface area (TPSA) is 168 Å². The molecular formula is C28H36N6O5S. The fourth-order valence-corrected chi connectivity index (χ4v) is 7.75. The molecule has 0 bridgehead atoms. The number of aryl methyl sites for hydroxylation is 1. The predicted molar refractivity (Wildman–Crippen MR) is 148 cm³/mol. The minimum Gasteiger partial charge on any atom is -0.347 e. The zero-order valence-electron chi connectivity index (χ0n) is 23.4. The van der Waals surface area contributed by atoms with Crippen molar-refractivity contribution in [1.82, 2.24) is 20.0 Å². The van der Waals surface area contributed by atoms with Gasteiger partial charge in [0, 0.05) is 38.7 Å². The molecule has 0 unspecified atom stereocenters. The van der Waals surface area contributed by atoms with Crippen molar-refractivity contribution in [3.8, 4) is 6.07 Å². The van der Waals surface area contributed by atoms with E-state index in [4.69, 9.17) is 11.0 Å². The predicted octanol–water partition coefficient (Wildman–Crippen LogP) is 1.64. The second kappa shape index (κ2) is 10.8. The standard InChI is InChI=1S/C28H36N6O5S/c1-18(30)22(35)9-11-27(2,3)40(38,39)28(12-13-28)17-34-14-10-21-23(32-33(4)24(21)26(34)37)25(36)31-16-20-7-5-19(15-29)6-8-20/h5-8,18H,9-14,16-17,30H2,1-4H3,(H,31,36)/t18-/m0/s1. The van der Waals surface area contributed by atoms with Gasteiger partial charge < -0.3 is 16.0 Å². The van der Waals surface area contributed by atoms with Gasteiger partial charge >= 0.3 is 0 Å². The van der Waals surface area contributed by atoms with E-state index in [0.717, 1.165) is 5.56 Å². The lowest BCUT2D eigenvalue weighted by atomic mass is 10.0. The van der Waals surface area contributed by atoms with Crippen molar-refractivity contribution in [3.05, 3.63) is 52.3 Å². The molecule has 1 fully saturated rings. The van der Waals surface area contributed by atoms with E-state index in [2.05, 4.69) is 16.5 Å². The number of carbonyl (C=O) groups is 3. The van der Waals surface area contributed by atoms with Crippen LogP contribution in [0.1, 0.15) is 84.1 Å². The SMILES string of the molecule is C[C@H](N)C(=O)CCC(C)(C)S(=O)(=O)C1(CN2CCc3c(C(=O)NCc4ccc(C#N)cc4)nn(C)c3C2=O)CC1. The van der Waals surface area contributed by atoms with Crippen LogP contribution in [0.15, 0.2) is 24.3 Å². The van der Waals surface area contributed by atoms with Gasteiger partial charge in [-0.3, -0.25) is 19.1 Å². The maximum atomic E-state index is 13.8. The molecular weight excluding hydrogens is 532 g/mol. The molecule has 1 aliphatic carbocycles. The van der Waals surface area contributed by atoms with Crippen LogP contribution in [-0.4, -0.2) is 69.3 Å². The van der Waals surface area contributed by atoms with Gasteiger partial charge in [-0.15, -0.1) is 0 Å². The molecule has 40 heavy (non-hydrogen) atoms. The van der Waals surface area contributed by atoms with Crippen LogP contribution in [0, 0.1) is 11.3 Å². The number of ketones is 1. The molecule has 0 spiro atoms. The van der Waals surface area contributed by atoms with Crippen LogP contribution in [0.2, 0.25) is 0 Å². The van der Waals surface area contributed by atoms with Crippen molar-refractivity contribution in [2.45, 2.75) is 75.0 Å². The molecule has 2 aromatic rings. The molecule has 4 rings (SSSR count). The fraction of sp³-hybridized carbons (Fsp3) is 0.536. The number of fused-ring (bicyclic) bond motifs is 1. The molecule has 214 valence electrons. The highest BCUT2D eigenvalue weighted by Gasteiger charge is 2.60. The van der Waals surface area contributed by atoms with E-state index < -0.39 is 31.3 Å². The van der Waals surface area contributed by atoms with Gasteiger partial charge in [-0.05, 0) is 64.2 Å². The summed E-state index contributed by atoms with van der Waals surface area (Å²) >= 11 is 0. The molecule has 1 saturated carbocycles. The lowest BCUT2D eigenvalue weighted by Gasteiger charge is -2.35. The van der Waals surface area contributed by atoms with Gasteiger partial charge in [0.1, 0.15) is 11.5 Å². The Morgan fingerprint density at radius 2 is 1.90 bits per heavy atom. The lowest BCUT2D eigenvalue weighted by Crippen LogP contribution is -2.50. The van der Waals surface area contributed by atoms with Crippen LogP contribution in [0.4, 0.5) is 0 Å².